The Balaban J connectivity index is 1.30. The highest BCUT2D eigenvalue weighted by Crippen LogP contribution is 2.35. The molecule has 5 N–H and O–H groups in total. The fourth-order valence-electron chi connectivity index (χ4n) is 4.67. The van der Waals surface area contributed by atoms with Gasteiger partial charge in [-0.2, -0.15) is 0 Å². The molecule has 13 nitrogen and oxygen atoms in total. The quantitative estimate of drug-likeness (QED) is 0.276. The van der Waals surface area contributed by atoms with E-state index in [4.69, 9.17) is 9.47 Å². The normalized spacial score (nSPS) is 28.6. The summed E-state index contributed by atoms with van der Waals surface area (Å²) >= 11 is 0. The highest BCUT2D eigenvalue weighted by atomic mass is 16.5. The molecule has 0 aromatic carbocycles. The first-order chi connectivity index (χ1) is 16.7. The number of aromatic amines is 2. The zero-order chi connectivity index (χ0) is 25.3. The van der Waals surface area contributed by atoms with Gasteiger partial charge in [0.05, 0.1) is 18.8 Å². The number of nitrogens with zero attached hydrogens (tertiary/aromatic N) is 2. The third-order valence-corrected chi connectivity index (χ3v) is 6.65. The van der Waals surface area contributed by atoms with E-state index in [0.717, 1.165) is 0 Å². The van der Waals surface area contributed by atoms with E-state index in [1.165, 1.54) is 21.5 Å². The van der Waals surface area contributed by atoms with Gasteiger partial charge in [0.1, 0.15) is 18.7 Å². The number of aliphatic hydroxyl groups excluding tert-OH is 2. The van der Waals surface area contributed by atoms with Crippen molar-refractivity contribution in [2.45, 2.75) is 70.4 Å². The lowest BCUT2D eigenvalue weighted by molar-refractivity contribution is -0.0392. The predicted octanol–water partition coefficient (Wildman–Crippen LogP) is -1.42. The second kappa shape index (κ2) is 10.4. The Morgan fingerprint density at radius 1 is 0.971 bits per heavy atom. The van der Waals surface area contributed by atoms with E-state index in [2.05, 4.69) is 15.3 Å². The van der Waals surface area contributed by atoms with Gasteiger partial charge in [0.25, 0.3) is 11.1 Å². The largest absolute Gasteiger partial charge is 0.394 e. The fourth-order valence-corrected chi connectivity index (χ4v) is 4.67. The van der Waals surface area contributed by atoms with Crippen molar-refractivity contribution in [2.75, 3.05) is 13.2 Å². The fraction of sp³-hybridized carbons (Fsp3) is 0.636. The number of aromatic nitrogens is 4. The van der Waals surface area contributed by atoms with Crippen LogP contribution < -0.4 is 27.8 Å². The van der Waals surface area contributed by atoms with Gasteiger partial charge in [-0.15, -0.1) is 0 Å². The van der Waals surface area contributed by atoms with Crippen LogP contribution in [0.4, 0.5) is 0 Å². The Bertz CT molecular complexity index is 1280. The molecule has 0 bridgehead atoms. The lowest BCUT2D eigenvalue weighted by Gasteiger charge is -2.19. The molecule has 6 atom stereocenters. The zero-order valence-corrected chi connectivity index (χ0v) is 19.6. The Morgan fingerprint density at radius 3 is 2.11 bits per heavy atom. The molecule has 4 heterocycles. The van der Waals surface area contributed by atoms with E-state index >= 15 is 0 Å². The van der Waals surface area contributed by atoms with Crippen LogP contribution in [0.2, 0.25) is 0 Å². The SMILES string of the molecule is Cc1cn([C@H]2C[C@H](O)C(NCCC[C@H]3C[C@H](n4cc(C)c(=O)[nH]c4=O)O[C@@H]3CO)O2)c(=O)[nH]c1=O. The number of hydrogen-bond acceptors (Lipinski definition) is 9. The first-order valence-corrected chi connectivity index (χ1v) is 11.6. The van der Waals surface area contributed by atoms with Crippen LogP contribution in [0, 0.1) is 19.8 Å². The smallest absolute Gasteiger partial charge is 0.330 e. The Morgan fingerprint density at radius 2 is 1.54 bits per heavy atom. The Labute approximate surface area is 199 Å². The highest BCUT2D eigenvalue weighted by Gasteiger charge is 2.37. The van der Waals surface area contributed by atoms with Crippen molar-refractivity contribution in [2.24, 2.45) is 5.92 Å². The molecule has 0 radical (unpaired) electrons. The molecule has 13 heteroatoms. The summed E-state index contributed by atoms with van der Waals surface area (Å²) in [7, 11) is 0. The van der Waals surface area contributed by atoms with Crippen molar-refractivity contribution in [3.8, 4) is 0 Å². The zero-order valence-electron chi connectivity index (χ0n) is 19.6. The number of hydrogen-bond donors (Lipinski definition) is 5. The molecule has 0 aliphatic carbocycles. The maximum absolute atomic E-state index is 12.2. The molecule has 2 aliphatic rings. The Hall–Kier alpha value is -2.84. The summed E-state index contributed by atoms with van der Waals surface area (Å²) in [5.74, 6) is -0.00389. The van der Waals surface area contributed by atoms with Crippen LogP contribution in [0.3, 0.4) is 0 Å². The molecule has 0 spiro atoms. The number of rotatable bonds is 8. The van der Waals surface area contributed by atoms with Crippen LogP contribution in [0.5, 0.6) is 0 Å². The molecule has 2 aliphatic heterocycles. The number of ether oxygens (including phenoxy) is 2. The molecular weight excluding hydrogens is 462 g/mol. The van der Waals surface area contributed by atoms with Gasteiger partial charge in [0, 0.05) is 29.9 Å². The van der Waals surface area contributed by atoms with Gasteiger partial charge in [-0.25, -0.2) is 9.59 Å². The van der Waals surface area contributed by atoms with Crippen molar-refractivity contribution in [1.29, 1.82) is 0 Å². The van der Waals surface area contributed by atoms with Crippen LogP contribution in [-0.4, -0.2) is 60.9 Å². The lowest BCUT2D eigenvalue weighted by atomic mass is 9.95. The summed E-state index contributed by atoms with van der Waals surface area (Å²) < 4.78 is 14.3. The van der Waals surface area contributed by atoms with Gasteiger partial charge in [-0.1, -0.05) is 0 Å². The third kappa shape index (κ3) is 5.38. The summed E-state index contributed by atoms with van der Waals surface area (Å²) in [6.45, 7) is 3.51. The van der Waals surface area contributed by atoms with Crippen molar-refractivity contribution in [1.82, 2.24) is 24.4 Å². The summed E-state index contributed by atoms with van der Waals surface area (Å²) in [5.41, 5.74) is -1.28. The molecule has 2 aromatic heterocycles. The molecule has 1 unspecified atom stereocenters. The van der Waals surface area contributed by atoms with Crippen molar-refractivity contribution in [3.63, 3.8) is 0 Å². The third-order valence-electron chi connectivity index (χ3n) is 6.65. The number of aliphatic hydroxyl groups is 2. The molecule has 35 heavy (non-hydrogen) atoms. The maximum Gasteiger partial charge on any atom is 0.330 e. The van der Waals surface area contributed by atoms with E-state index in [1.54, 1.807) is 13.8 Å². The van der Waals surface area contributed by atoms with E-state index in [9.17, 15) is 29.4 Å². The summed E-state index contributed by atoms with van der Waals surface area (Å²) in [6, 6.07) is 0. The Kier molecular flexibility index (Phi) is 7.52. The number of H-pyrrole nitrogens is 2. The molecule has 2 fully saturated rings. The standard InChI is InChI=1S/C22H31N5O8/c1-11-8-26(21(32)24-18(11)30)16-6-13(15(10-28)34-16)4-3-5-23-20-14(29)7-17(35-20)27-9-12(2)19(31)25-22(27)33/h8-9,13-17,20,23,28-29H,3-7,10H2,1-2H3,(H,24,30,32)(H,25,31,33)/t13-,14-,15+,16+,17+,20?/m0/s1. The minimum Gasteiger partial charge on any atom is -0.394 e. The average Bonchev–Trinajstić information content (AvgIpc) is 3.39. The average molecular weight is 494 g/mol. The lowest BCUT2D eigenvalue weighted by Crippen LogP contribution is -2.38. The van der Waals surface area contributed by atoms with Crippen LogP contribution in [0.15, 0.2) is 31.6 Å². The number of aryl methyl sites for hydroxylation is 2. The highest BCUT2D eigenvalue weighted by molar-refractivity contribution is 5.03. The van der Waals surface area contributed by atoms with E-state index in [0.29, 0.717) is 36.9 Å². The first kappa shape index (κ1) is 25.3. The monoisotopic (exact) mass is 493 g/mol. The van der Waals surface area contributed by atoms with Gasteiger partial charge >= 0.3 is 11.4 Å². The van der Waals surface area contributed by atoms with Gasteiger partial charge in [0.2, 0.25) is 0 Å². The molecule has 4 rings (SSSR count). The van der Waals surface area contributed by atoms with E-state index in [-0.39, 0.29) is 18.9 Å². The van der Waals surface area contributed by atoms with Gasteiger partial charge in [-0.05, 0) is 45.6 Å². The summed E-state index contributed by atoms with van der Waals surface area (Å²) in [5, 5.41) is 23.3. The van der Waals surface area contributed by atoms with Gasteiger partial charge < -0.3 is 19.7 Å². The molecule has 2 saturated heterocycles. The molecule has 2 aromatic rings. The van der Waals surface area contributed by atoms with Crippen molar-refractivity contribution < 1.29 is 19.7 Å². The summed E-state index contributed by atoms with van der Waals surface area (Å²) in [4.78, 5) is 52.0. The topological polar surface area (TPSA) is 181 Å². The molecule has 0 amide bonds. The maximum atomic E-state index is 12.2. The first-order valence-electron chi connectivity index (χ1n) is 11.6. The molecule has 192 valence electrons. The second-order valence-electron chi connectivity index (χ2n) is 9.18. The van der Waals surface area contributed by atoms with Crippen LogP contribution in [-0.2, 0) is 9.47 Å². The second-order valence-corrected chi connectivity index (χ2v) is 9.18. The van der Waals surface area contributed by atoms with Crippen LogP contribution >= 0.6 is 0 Å². The minimum atomic E-state index is -0.834. The molecule has 0 saturated carbocycles. The van der Waals surface area contributed by atoms with Crippen molar-refractivity contribution in [3.05, 3.63) is 65.2 Å². The van der Waals surface area contributed by atoms with Crippen molar-refractivity contribution >= 4 is 0 Å². The van der Waals surface area contributed by atoms with Gasteiger partial charge in [0.15, 0.2) is 0 Å². The summed E-state index contributed by atoms with van der Waals surface area (Å²) in [6.07, 6.45) is 1.74. The van der Waals surface area contributed by atoms with E-state index in [1.807, 2.05) is 0 Å². The van der Waals surface area contributed by atoms with Crippen LogP contribution in [0.25, 0.3) is 0 Å². The van der Waals surface area contributed by atoms with E-state index < -0.39 is 53.4 Å². The predicted molar refractivity (Wildman–Crippen MR) is 123 cm³/mol. The van der Waals surface area contributed by atoms with Crippen LogP contribution in [0.1, 0.15) is 49.3 Å². The van der Waals surface area contributed by atoms with Gasteiger partial charge in [-0.3, -0.25) is 34.0 Å². The number of nitrogens with one attached hydrogen (secondary N) is 3. The molecular formula is C22H31N5O8. The minimum absolute atomic E-state index is 0.00389.